The van der Waals surface area contributed by atoms with Gasteiger partial charge in [0, 0.05) is 28.9 Å². The lowest BCUT2D eigenvalue weighted by atomic mass is 9.99. The summed E-state index contributed by atoms with van der Waals surface area (Å²) < 4.78 is 10.9. The number of aromatic nitrogens is 3. The molecule has 1 N–H and O–H groups in total. The van der Waals surface area contributed by atoms with E-state index in [1.807, 2.05) is 26.8 Å². The molecular formula is C25H26ClN5O4S. The molecule has 0 spiro atoms. The summed E-state index contributed by atoms with van der Waals surface area (Å²) in [5.41, 5.74) is 2.85. The number of carbonyl (C=O) groups is 2. The van der Waals surface area contributed by atoms with Crippen LogP contribution in [0.2, 0.25) is 5.15 Å². The van der Waals surface area contributed by atoms with Gasteiger partial charge in [-0.1, -0.05) is 22.9 Å². The van der Waals surface area contributed by atoms with E-state index in [0.29, 0.717) is 51.7 Å². The van der Waals surface area contributed by atoms with Crippen molar-refractivity contribution in [2.45, 2.75) is 58.2 Å². The molecule has 2 aliphatic rings. The normalized spacial score (nSPS) is 15.0. The van der Waals surface area contributed by atoms with Crippen LogP contribution in [0.5, 0.6) is 5.75 Å². The number of nitrogens with zero attached hydrogens (tertiary/aromatic N) is 4. The van der Waals surface area contributed by atoms with Crippen LogP contribution in [0.1, 0.15) is 66.2 Å². The Labute approximate surface area is 217 Å². The number of thiazole rings is 1. The minimum atomic E-state index is -0.567. The van der Waals surface area contributed by atoms with E-state index in [-0.39, 0.29) is 12.0 Å². The van der Waals surface area contributed by atoms with Gasteiger partial charge < -0.3 is 9.47 Å². The smallest absolute Gasteiger partial charge is 0.410 e. The fraction of sp³-hybridized carbons (Fsp3) is 0.400. The van der Waals surface area contributed by atoms with Gasteiger partial charge in [0.15, 0.2) is 5.13 Å². The van der Waals surface area contributed by atoms with Crippen LogP contribution in [0, 0.1) is 0 Å². The summed E-state index contributed by atoms with van der Waals surface area (Å²) in [5.74, 6) is 0.571. The van der Waals surface area contributed by atoms with Crippen molar-refractivity contribution in [2.24, 2.45) is 0 Å². The molecule has 36 heavy (non-hydrogen) atoms. The fourth-order valence-electron chi connectivity index (χ4n) is 3.98. The van der Waals surface area contributed by atoms with Crippen LogP contribution in [-0.2, 0) is 17.8 Å². The quantitative estimate of drug-likeness (QED) is 0.428. The Morgan fingerprint density at radius 3 is 2.58 bits per heavy atom. The number of ether oxygens (including phenoxy) is 2. The second-order valence-corrected chi connectivity index (χ2v) is 11.3. The maximum absolute atomic E-state index is 13.4. The number of hydrogen-bond donors (Lipinski definition) is 1. The largest absolute Gasteiger partial charge is 0.494 e. The molecule has 0 bridgehead atoms. The maximum atomic E-state index is 13.4. The molecule has 9 nitrogen and oxygen atoms in total. The van der Waals surface area contributed by atoms with Crippen LogP contribution in [0.25, 0.3) is 11.1 Å². The molecule has 2 amide bonds. The van der Waals surface area contributed by atoms with Crippen LogP contribution < -0.4 is 10.1 Å². The SMILES string of the molecule is COc1cnc(Cl)cc1-c1cc(C2CC2)ncc1C(=O)Nc1nc2c(s1)CN(C(=O)OC(C)(C)C)C2. The highest BCUT2D eigenvalue weighted by atomic mass is 35.5. The summed E-state index contributed by atoms with van der Waals surface area (Å²) in [4.78, 5) is 41.5. The average molecular weight is 528 g/mol. The van der Waals surface area contributed by atoms with Gasteiger partial charge in [0.05, 0.1) is 42.5 Å². The van der Waals surface area contributed by atoms with Gasteiger partial charge in [-0.25, -0.2) is 14.8 Å². The van der Waals surface area contributed by atoms with Crippen molar-refractivity contribution in [3.05, 3.63) is 51.5 Å². The molecule has 3 aromatic rings. The Morgan fingerprint density at radius 1 is 1.14 bits per heavy atom. The van der Waals surface area contributed by atoms with Gasteiger partial charge in [-0.15, -0.1) is 0 Å². The van der Waals surface area contributed by atoms with E-state index in [4.69, 9.17) is 21.1 Å². The van der Waals surface area contributed by atoms with Crippen LogP contribution in [0.3, 0.4) is 0 Å². The second-order valence-electron chi connectivity index (χ2n) is 9.82. The highest BCUT2D eigenvalue weighted by molar-refractivity contribution is 7.16. The third-order valence-corrected chi connectivity index (χ3v) is 7.04. The molecule has 5 rings (SSSR count). The van der Waals surface area contributed by atoms with E-state index in [9.17, 15) is 9.59 Å². The Kier molecular flexibility index (Phi) is 6.34. The van der Waals surface area contributed by atoms with Crippen LogP contribution in [0.4, 0.5) is 9.93 Å². The summed E-state index contributed by atoms with van der Waals surface area (Å²) in [5, 5.41) is 3.66. The average Bonchev–Trinajstić information content (AvgIpc) is 3.49. The number of amides is 2. The summed E-state index contributed by atoms with van der Waals surface area (Å²) in [6, 6.07) is 3.62. The lowest BCUT2D eigenvalue weighted by Crippen LogP contribution is -2.33. The number of carbonyl (C=O) groups excluding carboxylic acids is 2. The molecule has 0 unspecified atom stereocenters. The van der Waals surface area contributed by atoms with Crippen molar-refractivity contribution in [3.8, 4) is 16.9 Å². The number of anilines is 1. The minimum absolute atomic E-state index is 0.299. The van der Waals surface area contributed by atoms with Gasteiger partial charge >= 0.3 is 6.09 Å². The molecule has 11 heteroatoms. The van der Waals surface area contributed by atoms with Gasteiger partial charge in [-0.2, -0.15) is 0 Å². The van der Waals surface area contributed by atoms with E-state index in [2.05, 4.69) is 20.3 Å². The van der Waals surface area contributed by atoms with Crippen molar-refractivity contribution >= 4 is 40.1 Å². The van der Waals surface area contributed by atoms with Crippen LogP contribution >= 0.6 is 22.9 Å². The van der Waals surface area contributed by atoms with E-state index < -0.39 is 5.60 Å². The first-order valence-corrected chi connectivity index (χ1v) is 12.8. The van der Waals surface area contributed by atoms with Gasteiger partial charge in [-0.05, 0) is 45.7 Å². The van der Waals surface area contributed by atoms with E-state index in [1.54, 1.807) is 30.5 Å². The van der Waals surface area contributed by atoms with Gasteiger partial charge in [0.1, 0.15) is 16.5 Å². The zero-order valence-electron chi connectivity index (χ0n) is 20.4. The highest BCUT2D eigenvalue weighted by Crippen LogP contribution is 2.42. The van der Waals surface area contributed by atoms with E-state index in [0.717, 1.165) is 29.1 Å². The molecule has 0 atom stereocenters. The predicted octanol–water partition coefficient (Wildman–Crippen LogP) is 5.64. The van der Waals surface area contributed by atoms with Crippen LogP contribution in [0.15, 0.2) is 24.5 Å². The standard InChI is InChI=1S/C25H26ClN5O4S/c1-25(2,3)35-24(33)31-11-18-20(12-31)36-23(29-18)30-22(32)16-9-27-17(13-5-6-13)7-14(16)15-8-21(26)28-10-19(15)34-4/h7-10,13H,5-6,11-12H2,1-4H3,(H,29,30,32). The zero-order chi connectivity index (χ0) is 25.6. The molecule has 4 heterocycles. The predicted molar refractivity (Wildman–Crippen MR) is 137 cm³/mol. The third kappa shape index (κ3) is 5.15. The topological polar surface area (TPSA) is 107 Å². The first-order valence-electron chi connectivity index (χ1n) is 11.6. The fourth-order valence-corrected chi connectivity index (χ4v) is 5.12. The van der Waals surface area contributed by atoms with E-state index >= 15 is 0 Å². The lowest BCUT2D eigenvalue weighted by molar-refractivity contribution is 0.0241. The highest BCUT2D eigenvalue weighted by Gasteiger charge is 2.31. The summed E-state index contributed by atoms with van der Waals surface area (Å²) in [6.45, 7) is 6.23. The molecule has 1 fully saturated rings. The molecular weight excluding hydrogens is 502 g/mol. The van der Waals surface area contributed by atoms with Gasteiger partial charge in [-0.3, -0.25) is 20.0 Å². The third-order valence-electron chi connectivity index (χ3n) is 5.83. The van der Waals surface area contributed by atoms with Crippen LogP contribution in [-0.4, -0.2) is 44.6 Å². The van der Waals surface area contributed by atoms with E-state index in [1.165, 1.54) is 11.3 Å². The Bertz CT molecular complexity index is 1330. The molecule has 1 aliphatic carbocycles. The minimum Gasteiger partial charge on any atom is -0.494 e. The summed E-state index contributed by atoms with van der Waals surface area (Å²) in [7, 11) is 1.55. The van der Waals surface area contributed by atoms with Crippen molar-refractivity contribution in [2.75, 3.05) is 12.4 Å². The molecule has 188 valence electrons. The molecule has 1 aliphatic heterocycles. The first-order chi connectivity index (χ1) is 17.1. The molecule has 0 saturated heterocycles. The zero-order valence-corrected chi connectivity index (χ0v) is 22.0. The number of methoxy groups -OCH3 is 1. The summed E-state index contributed by atoms with van der Waals surface area (Å²) >= 11 is 7.53. The number of fused-ring (bicyclic) bond motifs is 1. The monoisotopic (exact) mass is 527 g/mol. The Balaban J connectivity index is 1.38. The van der Waals surface area contributed by atoms with Crippen molar-refractivity contribution in [1.29, 1.82) is 0 Å². The number of halogens is 1. The molecule has 0 aromatic carbocycles. The number of nitrogens with one attached hydrogen (secondary N) is 1. The van der Waals surface area contributed by atoms with Gasteiger partial charge in [0.2, 0.25) is 0 Å². The van der Waals surface area contributed by atoms with Crippen molar-refractivity contribution in [3.63, 3.8) is 0 Å². The summed E-state index contributed by atoms with van der Waals surface area (Å²) in [6.07, 6.45) is 4.92. The first kappa shape index (κ1) is 24.5. The second kappa shape index (κ2) is 9.33. The molecule has 3 aromatic heterocycles. The van der Waals surface area contributed by atoms with Crippen molar-refractivity contribution < 1.29 is 19.1 Å². The molecule has 1 saturated carbocycles. The number of hydrogen-bond acceptors (Lipinski definition) is 8. The van der Waals surface area contributed by atoms with Crippen molar-refractivity contribution in [1.82, 2.24) is 19.9 Å². The Morgan fingerprint density at radius 2 is 1.92 bits per heavy atom. The number of rotatable bonds is 5. The maximum Gasteiger partial charge on any atom is 0.410 e. The molecule has 0 radical (unpaired) electrons. The number of pyridine rings is 2. The lowest BCUT2D eigenvalue weighted by Gasteiger charge is -2.24. The van der Waals surface area contributed by atoms with Gasteiger partial charge in [0.25, 0.3) is 5.91 Å². The Hall–Kier alpha value is -3.24.